The summed E-state index contributed by atoms with van der Waals surface area (Å²) in [4.78, 5) is 16.9. The molecule has 1 aromatic carbocycles. The second kappa shape index (κ2) is 8.89. The fourth-order valence-electron chi connectivity index (χ4n) is 3.09. The minimum atomic E-state index is -0.921. The third kappa shape index (κ3) is 4.82. The maximum absolute atomic E-state index is 11.1. The molecule has 0 fully saturated rings. The predicted molar refractivity (Wildman–Crippen MR) is 110 cm³/mol. The molecule has 0 saturated heterocycles. The minimum Gasteiger partial charge on any atom is -0.477 e. The zero-order chi connectivity index (χ0) is 20.1. The van der Waals surface area contributed by atoms with E-state index in [0.29, 0.717) is 11.4 Å². The van der Waals surface area contributed by atoms with Gasteiger partial charge < -0.3 is 19.9 Å². The van der Waals surface area contributed by atoms with Gasteiger partial charge in [0.05, 0.1) is 22.3 Å². The molecule has 1 unspecified atom stereocenters. The normalized spacial score (nSPS) is 14.0. The number of carboxylic acids is 1. The van der Waals surface area contributed by atoms with Crippen LogP contribution in [-0.4, -0.2) is 28.9 Å². The highest BCUT2D eigenvalue weighted by Crippen LogP contribution is 2.27. The molecule has 0 bridgehead atoms. The molecule has 2 N–H and O–H groups in total. The van der Waals surface area contributed by atoms with Gasteiger partial charge in [-0.3, -0.25) is 4.98 Å². The fourth-order valence-corrected chi connectivity index (χ4v) is 3.91. The average molecular weight is 408 g/mol. The fraction of sp³-hybridized carbons (Fsp3) is 0.182. The monoisotopic (exact) mass is 408 g/mol. The van der Waals surface area contributed by atoms with Gasteiger partial charge in [-0.2, -0.15) is 0 Å². The Morgan fingerprint density at radius 3 is 2.72 bits per heavy atom. The van der Waals surface area contributed by atoms with E-state index in [2.05, 4.69) is 22.4 Å². The summed E-state index contributed by atoms with van der Waals surface area (Å²) >= 11 is 1.22. The topological polar surface area (TPSA) is 80.7 Å². The molecule has 3 heterocycles. The molecule has 4 rings (SSSR count). The highest BCUT2D eigenvalue weighted by Gasteiger charge is 2.20. The third-order valence-corrected chi connectivity index (χ3v) is 5.62. The first-order valence-corrected chi connectivity index (χ1v) is 10.0. The minimum absolute atomic E-state index is 0.0364. The molecular formula is C22H20N2O4S. The van der Waals surface area contributed by atoms with Gasteiger partial charge in [0.2, 0.25) is 6.79 Å². The maximum Gasteiger partial charge on any atom is 0.345 e. The first kappa shape index (κ1) is 19.2. The lowest BCUT2D eigenvalue weighted by molar-refractivity contribution is 0.0701. The highest BCUT2D eigenvalue weighted by atomic mass is 32.1. The van der Waals surface area contributed by atoms with E-state index in [0.717, 1.165) is 28.4 Å². The quantitative estimate of drug-likeness (QED) is 0.585. The van der Waals surface area contributed by atoms with Crippen molar-refractivity contribution in [2.75, 3.05) is 6.79 Å². The van der Waals surface area contributed by atoms with Crippen LogP contribution < -0.4 is 5.32 Å². The molecule has 29 heavy (non-hydrogen) atoms. The second-order valence-corrected chi connectivity index (χ2v) is 7.64. The van der Waals surface area contributed by atoms with Gasteiger partial charge in [0.25, 0.3) is 0 Å². The molecule has 7 heteroatoms. The van der Waals surface area contributed by atoms with E-state index in [1.54, 1.807) is 18.4 Å². The predicted octanol–water partition coefficient (Wildman–Crippen LogP) is 4.05. The number of nitrogens with zero attached hydrogens (tertiary/aromatic N) is 1. The molecule has 1 atom stereocenters. The number of ether oxygens (including phenoxy) is 2. The Kier molecular flexibility index (Phi) is 5.88. The Bertz CT molecular complexity index is 1020. The highest BCUT2D eigenvalue weighted by molar-refractivity contribution is 7.17. The van der Waals surface area contributed by atoms with Gasteiger partial charge in [0.15, 0.2) is 5.76 Å². The summed E-state index contributed by atoms with van der Waals surface area (Å²) in [5.74, 6) is -0.149. The van der Waals surface area contributed by atoms with Crippen LogP contribution in [0.25, 0.3) is 10.6 Å². The maximum atomic E-state index is 11.1. The molecule has 1 aliphatic heterocycles. The number of thiophene rings is 1. The smallest absolute Gasteiger partial charge is 0.345 e. The number of nitrogens with one attached hydrogen (secondary N) is 1. The Morgan fingerprint density at radius 2 is 2.00 bits per heavy atom. The van der Waals surface area contributed by atoms with Gasteiger partial charge in [-0.15, -0.1) is 11.3 Å². The molecule has 0 saturated carbocycles. The molecule has 2 aromatic heterocycles. The zero-order valence-electron chi connectivity index (χ0n) is 15.6. The van der Waals surface area contributed by atoms with Crippen LogP contribution >= 0.6 is 11.3 Å². The van der Waals surface area contributed by atoms with Crippen LogP contribution in [0.5, 0.6) is 0 Å². The van der Waals surface area contributed by atoms with E-state index in [4.69, 9.17) is 14.6 Å². The van der Waals surface area contributed by atoms with Crippen molar-refractivity contribution < 1.29 is 19.4 Å². The second-order valence-electron chi connectivity index (χ2n) is 6.56. The Labute approximate surface area is 172 Å². The van der Waals surface area contributed by atoms with Crippen LogP contribution in [0.2, 0.25) is 0 Å². The number of carboxylic acid groups (broad SMARTS) is 1. The van der Waals surface area contributed by atoms with Crippen LogP contribution in [0.3, 0.4) is 0 Å². The van der Waals surface area contributed by atoms with Crippen LogP contribution in [0.1, 0.15) is 20.9 Å². The number of pyridine rings is 1. The summed E-state index contributed by atoms with van der Waals surface area (Å²) in [6.45, 7) is 0.781. The van der Waals surface area contributed by atoms with Crippen LogP contribution in [0.15, 0.2) is 72.7 Å². The van der Waals surface area contributed by atoms with Crippen molar-refractivity contribution in [2.45, 2.75) is 19.0 Å². The van der Waals surface area contributed by atoms with Crippen molar-refractivity contribution >= 4 is 17.3 Å². The van der Waals surface area contributed by atoms with Crippen LogP contribution in [0, 0.1) is 0 Å². The summed E-state index contributed by atoms with van der Waals surface area (Å²) in [5.41, 5.74) is 2.83. The van der Waals surface area contributed by atoms with E-state index in [9.17, 15) is 4.79 Å². The van der Waals surface area contributed by atoms with Gasteiger partial charge >= 0.3 is 5.97 Å². The largest absolute Gasteiger partial charge is 0.477 e. The lowest BCUT2D eigenvalue weighted by Gasteiger charge is -2.18. The number of rotatable bonds is 8. The van der Waals surface area contributed by atoms with Crippen LogP contribution in [-0.2, 0) is 22.4 Å². The Balaban J connectivity index is 1.47. The Morgan fingerprint density at radius 1 is 1.14 bits per heavy atom. The number of benzene rings is 1. The van der Waals surface area contributed by atoms with Gasteiger partial charge in [-0.1, -0.05) is 36.4 Å². The lowest BCUT2D eigenvalue weighted by atomic mass is 10.0. The molecule has 1 aliphatic rings. The third-order valence-electron chi connectivity index (χ3n) is 4.52. The van der Waals surface area contributed by atoms with Gasteiger partial charge in [0.1, 0.15) is 11.1 Å². The SMILES string of the molecule is O=C(O)c1ccc(-c2cccc(CNC(Cc3ccccc3)C3=COCO3)n2)s1. The molecule has 148 valence electrons. The van der Waals surface area contributed by atoms with E-state index in [1.165, 1.54) is 16.9 Å². The summed E-state index contributed by atoms with van der Waals surface area (Å²) in [6, 6.07) is 19.3. The molecule has 0 aliphatic carbocycles. The first-order valence-electron chi connectivity index (χ1n) is 9.20. The molecular weight excluding hydrogens is 388 g/mol. The average Bonchev–Trinajstić information content (AvgIpc) is 3.44. The number of aromatic carboxylic acids is 1. The van der Waals surface area contributed by atoms with E-state index in [1.807, 2.05) is 36.4 Å². The molecule has 0 radical (unpaired) electrons. The van der Waals surface area contributed by atoms with Crippen molar-refractivity contribution in [1.29, 1.82) is 0 Å². The zero-order valence-corrected chi connectivity index (χ0v) is 16.4. The number of carbonyl (C=O) groups is 1. The molecule has 6 nitrogen and oxygen atoms in total. The standard InChI is InChI=1S/C22H20N2O4S/c25-22(26)21-10-9-20(29-21)17-8-4-7-16(24-17)12-23-18(19-13-27-14-28-19)11-15-5-2-1-3-6-15/h1-10,13,18,23H,11-12,14H2,(H,25,26). The van der Waals surface area contributed by atoms with Crippen molar-refractivity contribution in [3.05, 3.63) is 88.8 Å². The van der Waals surface area contributed by atoms with Crippen molar-refractivity contribution in [3.63, 3.8) is 0 Å². The van der Waals surface area contributed by atoms with Crippen molar-refractivity contribution in [3.8, 4) is 10.6 Å². The lowest BCUT2D eigenvalue weighted by Crippen LogP contribution is -2.33. The summed E-state index contributed by atoms with van der Waals surface area (Å²) in [7, 11) is 0. The molecule has 3 aromatic rings. The van der Waals surface area contributed by atoms with Crippen molar-refractivity contribution in [1.82, 2.24) is 10.3 Å². The van der Waals surface area contributed by atoms with E-state index < -0.39 is 5.97 Å². The molecule has 0 amide bonds. The number of aromatic nitrogens is 1. The summed E-state index contributed by atoms with van der Waals surface area (Å²) < 4.78 is 10.8. The van der Waals surface area contributed by atoms with Gasteiger partial charge in [0, 0.05) is 6.54 Å². The van der Waals surface area contributed by atoms with Crippen LogP contribution in [0.4, 0.5) is 0 Å². The molecule has 0 spiro atoms. The summed E-state index contributed by atoms with van der Waals surface area (Å²) in [5, 5.41) is 12.6. The van der Waals surface area contributed by atoms with E-state index in [-0.39, 0.29) is 12.8 Å². The van der Waals surface area contributed by atoms with Gasteiger partial charge in [-0.25, -0.2) is 4.79 Å². The number of hydrogen-bond donors (Lipinski definition) is 2. The van der Waals surface area contributed by atoms with Gasteiger partial charge in [-0.05, 0) is 36.2 Å². The first-order chi connectivity index (χ1) is 14.2. The Hall–Kier alpha value is -3.16. The number of hydrogen-bond acceptors (Lipinski definition) is 6. The summed E-state index contributed by atoms with van der Waals surface area (Å²) in [6.07, 6.45) is 2.42. The van der Waals surface area contributed by atoms with E-state index >= 15 is 0 Å². The van der Waals surface area contributed by atoms with Crippen molar-refractivity contribution in [2.24, 2.45) is 0 Å².